The Hall–Kier alpha value is -3.37. The Balaban J connectivity index is 0.922. The van der Waals surface area contributed by atoms with Gasteiger partial charge in [-0.1, -0.05) is 11.3 Å². The Morgan fingerprint density at radius 3 is 2.76 bits per heavy atom. The maximum Gasteiger partial charge on any atom is 0.137 e. The minimum atomic E-state index is -0.831. The first-order valence-electron chi connectivity index (χ1n) is 13.5. The minimum absolute atomic E-state index is 0.220. The number of alkyl halides is 1. The standard InChI is InChI=1S/C28H31FN8O/c29-28-13-27(14-28,15-28)16-31-6-20-1-2-25-32-22(10-36(25)9-20)11-37-12-24(33-34-37)21-5-23(8-30-7-21)35-4-3-26(17-35)18-38-19-26/h1-2,5,7-10,12,31H,3-4,6,11,13-19H2. The number of ether oxygens (including phenoxy) is 1. The van der Waals surface area contributed by atoms with Gasteiger partial charge in [-0.15, -0.1) is 5.10 Å². The number of halogens is 1. The van der Waals surface area contributed by atoms with E-state index in [1.807, 2.05) is 35.5 Å². The summed E-state index contributed by atoms with van der Waals surface area (Å²) < 4.78 is 23.1. The fraction of sp³-hybridized carbons (Fsp3) is 0.500. The van der Waals surface area contributed by atoms with Crippen LogP contribution in [-0.2, 0) is 17.8 Å². The van der Waals surface area contributed by atoms with Gasteiger partial charge < -0.3 is 19.4 Å². The van der Waals surface area contributed by atoms with Gasteiger partial charge in [0.1, 0.15) is 17.0 Å². The number of imidazole rings is 1. The van der Waals surface area contributed by atoms with E-state index in [0.717, 1.165) is 86.9 Å². The fourth-order valence-corrected chi connectivity index (χ4v) is 6.99. The second-order valence-electron chi connectivity index (χ2n) is 12.2. The Bertz CT molecular complexity index is 1500. The number of nitrogens with one attached hydrogen (secondary N) is 1. The van der Waals surface area contributed by atoms with Crippen LogP contribution in [0.4, 0.5) is 10.1 Å². The zero-order valence-corrected chi connectivity index (χ0v) is 21.3. The van der Waals surface area contributed by atoms with Gasteiger partial charge in [0, 0.05) is 55.7 Å². The molecule has 196 valence electrons. The average molecular weight is 515 g/mol. The van der Waals surface area contributed by atoms with Crippen molar-refractivity contribution < 1.29 is 9.13 Å². The van der Waals surface area contributed by atoms with Crippen LogP contribution in [0.15, 0.2) is 49.2 Å². The van der Waals surface area contributed by atoms with Crippen LogP contribution in [-0.4, -0.2) is 67.9 Å². The lowest BCUT2D eigenvalue weighted by molar-refractivity contribution is -0.209. The summed E-state index contributed by atoms with van der Waals surface area (Å²) in [7, 11) is 0. The third-order valence-electron chi connectivity index (χ3n) is 8.97. The summed E-state index contributed by atoms with van der Waals surface area (Å²) in [5, 5.41) is 12.3. The van der Waals surface area contributed by atoms with Crippen LogP contribution < -0.4 is 10.2 Å². The summed E-state index contributed by atoms with van der Waals surface area (Å²) in [4.78, 5) is 11.7. The molecule has 10 heteroatoms. The van der Waals surface area contributed by atoms with Crippen molar-refractivity contribution in [1.29, 1.82) is 0 Å². The molecule has 0 unspecified atom stereocenters. The third-order valence-corrected chi connectivity index (χ3v) is 8.97. The monoisotopic (exact) mass is 514 g/mol. The molecule has 0 aromatic carbocycles. The lowest BCUT2D eigenvalue weighted by atomic mass is 9.42. The average Bonchev–Trinajstić information content (AvgIpc) is 3.60. The molecule has 0 atom stereocenters. The number of fused-ring (bicyclic) bond motifs is 1. The number of hydrogen-bond acceptors (Lipinski definition) is 7. The highest BCUT2D eigenvalue weighted by Crippen LogP contribution is 2.69. The van der Waals surface area contributed by atoms with Crippen molar-refractivity contribution in [3.63, 3.8) is 0 Å². The van der Waals surface area contributed by atoms with E-state index in [-0.39, 0.29) is 5.41 Å². The minimum Gasteiger partial charge on any atom is -0.380 e. The van der Waals surface area contributed by atoms with E-state index in [1.165, 1.54) is 12.0 Å². The summed E-state index contributed by atoms with van der Waals surface area (Å²) in [5.41, 5.74) is 5.63. The molecule has 4 aromatic rings. The Morgan fingerprint density at radius 1 is 1.08 bits per heavy atom. The number of aromatic nitrogens is 6. The van der Waals surface area contributed by atoms with Crippen molar-refractivity contribution in [3.8, 4) is 11.3 Å². The smallest absolute Gasteiger partial charge is 0.137 e. The first kappa shape index (κ1) is 22.6. The fourth-order valence-electron chi connectivity index (χ4n) is 6.99. The van der Waals surface area contributed by atoms with Crippen molar-refractivity contribution in [1.82, 2.24) is 34.7 Å². The van der Waals surface area contributed by atoms with E-state index >= 15 is 0 Å². The lowest BCUT2D eigenvalue weighted by Crippen LogP contribution is -2.67. The molecule has 0 amide bonds. The summed E-state index contributed by atoms with van der Waals surface area (Å²) >= 11 is 0. The maximum atomic E-state index is 13.7. The molecule has 2 aliphatic heterocycles. The van der Waals surface area contributed by atoms with Gasteiger partial charge in [0.15, 0.2) is 0 Å². The first-order valence-corrected chi connectivity index (χ1v) is 13.5. The van der Waals surface area contributed by atoms with Gasteiger partial charge in [-0.3, -0.25) is 4.98 Å². The summed E-state index contributed by atoms with van der Waals surface area (Å²) in [5.74, 6) is 0. The molecule has 2 bridgehead atoms. The lowest BCUT2D eigenvalue weighted by Gasteiger charge is -2.66. The predicted molar refractivity (Wildman–Crippen MR) is 139 cm³/mol. The molecule has 2 saturated heterocycles. The van der Waals surface area contributed by atoms with Crippen LogP contribution in [0.25, 0.3) is 16.9 Å². The predicted octanol–water partition coefficient (Wildman–Crippen LogP) is 3.24. The van der Waals surface area contributed by atoms with Crippen LogP contribution in [0.2, 0.25) is 0 Å². The molecule has 3 aliphatic carbocycles. The van der Waals surface area contributed by atoms with Crippen LogP contribution in [0.1, 0.15) is 36.9 Å². The molecule has 1 N–H and O–H groups in total. The molecule has 3 saturated carbocycles. The van der Waals surface area contributed by atoms with E-state index in [2.05, 4.69) is 48.2 Å². The van der Waals surface area contributed by atoms with Gasteiger partial charge in [0.2, 0.25) is 0 Å². The van der Waals surface area contributed by atoms with Crippen LogP contribution in [0.3, 0.4) is 0 Å². The van der Waals surface area contributed by atoms with Crippen molar-refractivity contribution in [2.24, 2.45) is 10.8 Å². The van der Waals surface area contributed by atoms with E-state index in [9.17, 15) is 4.39 Å². The molecular formula is C28H31FN8O. The number of nitrogens with zero attached hydrogens (tertiary/aromatic N) is 7. The Morgan fingerprint density at radius 2 is 1.97 bits per heavy atom. The second kappa shape index (κ2) is 8.07. The van der Waals surface area contributed by atoms with Gasteiger partial charge in [-0.05, 0) is 48.8 Å². The molecule has 38 heavy (non-hydrogen) atoms. The molecule has 5 fully saturated rings. The van der Waals surface area contributed by atoms with E-state index in [4.69, 9.17) is 9.72 Å². The molecular weight excluding hydrogens is 483 g/mol. The Labute approximate surface area is 220 Å². The molecule has 0 radical (unpaired) electrons. The van der Waals surface area contributed by atoms with E-state index < -0.39 is 5.67 Å². The van der Waals surface area contributed by atoms with Crippen molar-refractivity contribution in [2.45, 2.75) is 44.4 Å². The SMILES string of the molecule is FC12CC(CNCc3ccc4nc(Cn5cc(-c6cncc(N7CCC8(COC8)C7)c6)nn5)cn4c3)(C1)C2. The van der Waals surface area contributed by atoms with Crippen molar-refractivity contribution in [2.75, 3.05) is 37.7 Å². The highest BCUT2D eigenvalue weighted by molar-refractivity contribution is 5.63. The second-order valence-corrected chi connectivity index (χ2v) is 12.2. The first-order chi connectivity index (χ1) is 18.5. The molecule has 4 aromatic heterocycles. The van der Waals surface area contributed by atoms with Gasteiger partial charge in [0.25, 0.3) is 0 Å². The normalized spacial score (nSPS) is 26.9. The number of hydrogen-bond donors (Lipinski definition) is 1. The zero-order chi connectivity index (χ0) is 25.4. The maximum absolute atomic E-state index is 13.7. The van der Waals surface area contributed by atoms with Gasteiger partial charge in [0.05, 0.1) is 43.5 Å². The highest BCUT2D eigenvalue weighted by Gasteiger charge is 2.68. The van der Waals surface area contributed by atoms with E-state index in [0.29, 0.717) is 12.0 Å². The summed E-state index contributed by atoms with van der Waals surface area (Å²) in [6.07, 6.45) is 13.3. The molecule has 1 spiro atoms. The Kier molecular flexibility index (Phi) is 4.80. The van der Waals surface area contributed by atoms with Crippen molar-refractivity contribution >= 4 is 11.3 Å². The van der Waals surface area contributed by atoms with Crippen molar-refractivity contribution in [3.05, 3.63) is 60.4 Å². The zero-order valence-electron chi connectivity index (χ0n) is 21.3. The number of rotatable bonds is 8. The molecule has 9 nitrogen and oxygen atoms in total. The molecule has 6 heterocycles. The quantitative estimate of drug-likeness (QED) is 0.386. The van der Waals surface area contributed by atoms with Crippen LogP contribution >= 0.6 is 0 Å². The van der Waals surface area contributed by atoms with Crippen LogP contribution in [0, 0.1) is 10.8 Å². The largest absolute Gasteiger partial charge is 0.380 e. The van der Waals surface area contributed by atoms with Gasteiger partial charge in [-0.25, -0.2) is 14.1 Å². The number of pyridine rings is 2. The third kappa shape index (κ3) is 3.80. The van der Waals surface area contributed by atoms with Gasteiger partial charge in [-0.2, -0.15) is 0 Å². The van der Waals surface area contributed by atoms with E-state index in [1.54, 1.807) is 0 Å². The summed E-state index contributed by atoms with van der Waals surface area (Å²) in [6.45, 7) is 6.01. The summed E-state index contributed by atoms with van der Waals surface area (Å²) in [6, 6.07) is 6.30. The van der Waals surface area contributed by atoms with Gasteiger partial charge >= 0.3 is 0 Å². The topological polar surface area (TPSA) is 85.4 Å². The highest BCUT2D eigenvalue weighted by atomic mass is 19.1. The molecule has 9 rings (SSSR count). The number of anilines is 1. The van der Waals surface area contributed by atoms with Crippen LogP contribution in [0.5, 0.6) is 0 Å². The molecule has 5 aliphatic rings.